The van der Waals surface area contributed by atoms with Crippen LogP contribution in [0.5, 0.6) is 0 Å². The lowest BCUT2D eigenvalue weighted by Gasteiger charge is -2.10. The number of nitrogens with two attached hydrogens (primary N) is 1. The number of nitrogens with zero attached hydrogens (tertiary/aromatic N) is 7. The van der Waals surface area contributed by atoms with Crippen LogP contribution in [0.25, 0.3) is 0 Å². The predicted octanol–water partition coefficient (Wildman–Crippen LogP) is 1.05. The Morgan fingerprint density at radius 2 is 2.11 bits per heavy atom. The second kappa shape index (κ2) is 4.80. The molecule has 2 aromatic heterocycles. The van der Waals surface area contributed by atoms with Gasteiger partial charge in [0.25, 0.3) is 0 Å². The molecule has 0 unspecified atom stereocenters. The average molecular weight is 280 g/mol. The first-order chi connectivity index (χ1) is 9.16. The van der Waals surface area contributed by atoms with Crippen LogP contribution in [0, 0.1) is 0 Å². The molecular formula is C10H16N8S. The van der Waals surface area contributed by atoms with Crippen molar-refractivity contribution in [2.24, 2.45) is 0 Å². The van der Waals surface area contributed by atoms with Gasteiger partial charge < -0.3 is 5.73 Å². The number of hydrogen-bond acceptors (Lipinski definition) is 7. The fourth-order valence-electron chi connectivity index (χ4n) is 1.91. The van der Waals surface area contributed by atoms with Gasteiger partial charge in [-0.3, -0.25) is 4.57 Å². The minimum absolute atomic E-state index is 0.233. The van der Waals surface area contributed by atoms with Gasteiger partial charge in [0.2, 0.25) is 5.95 Å². The Morgan fingerprint density at radius 1 is 1.32 bits per heavy atom. The zero-order valence-corrected chi connectivity index (χ0v) is 11.7. The van der Waals surface area contributed by atoms with Crippen LogP contribution < -0.4 is 5.73 Å². The lowest BCUT2D eigenvalue weighted by Crippen LogP contribution is -2.07. The molecule has 2 N–H and O–H groups in total. The summed E-state index contributed by atoms with van der Waals surface area (Å²) in [6, 6.07) is 0.718. The molecule has 19 heavy (non-hydrogen) atoms. The topological polar surface area (TPSA) is 100 Å². The first-order valence-electron chi connectivity index (χ1n) is 6.26. The van der Waals surface area contributed by atoms with Crippen molar-refractivity contribution in [1.29, 1.82) is 0 Å². The lowest BCUT2D eigenvalue weighted by atomic mass is 10.4. The van der Waals surface area contributed by atoms with Gasteiger partial charge >= 0.3 is 0 Å². The molecule has 1 fully saturated rings. The molecule has 1 aliphatic rings. The Kier molecular flexibility index (Phi) is 3.13. The zero-order valence-electron chi connectivity index (χ0n) is 10.9. The van der Waals surface area contributed by atoms with Gasteiger partial charge in [-0.2, -0.15) is 0 Å². The molecule has 0 aliphatic heterocycles. The quantitative estimate of drug-likeness (QED) is 0.817. The maximum absolute atomic E-state index is 5.81. The SMILES string of the molecule is CC(C)n1c(N)nnc1SCc1nnnn1C1CC1. The number of thioether (sulfide) groups is 1. The van der Waals surface area contributed by atoms with E-state index in [-0.39, 0.29) is 6.04 Å². The molecule has 0 spiro atoms. The van der Waals surface area contributed by atoms with Crippen LogP contribution in [-0.4, -0.2) is 35.0 Å². The second-order valence-electron chi connectivity index (χ2n) is 4.86. The van der Waals surface area contributed by atoms with E-state index in [4.69, 9.17) is 5.73 Å². The summed E-state index contributed by atoms with van der Waals surface area (Å²) in [7, 11) is 0. The molecule has 0 amide bonds. The monoisotopic (exact) mass is 280 g/mol. The standard InChI is InChI=1S/C10H16N8S/c1-6(2)17-9(11)13-14-10(17)19-5-8-12-15-16-18(8)7-3-4-7/h6-7H,3-5H2,1-2H3,(H2,11,13). The number of hydrogen-bond donors (Lipinski definition) is 1. The lowest BCUT2D eigenvalue weighted by molar-refractivity contribution is 0.556. The fraction of sp³-hybridized carbons (Fsp3) is 0.700. The average Bonchev–Trinajstić information content (AvgIpc) is 2.98. The first-order valence-corrected chi connectivity index (χ1v) is 7.25. The van der Waals surface area contributed by atoms with Crippen molar-refractivity contribution in [2.75, 3.05) is 5.73 Å². The highest BCUT2D eigenvalue weighted by Gasteiger charge is 2.27. The summed E-state index contributed by atoms with van der Waals surface area (Å²) in [5.74, 6) is 2.00. The minimum atomic E-state index is 0.233. The third kappa shape index (κ3) is 2.42. The van der Waals surface area contributed by atoms with Gasteiger partial charge in [0.15, 0.2) is 11.0 Å². The molecule has 8 nitrogen and oxygen atoms in total. The minimum Gasteiger partial charge on any atom is -0.368 e. The molecule has 0 bridgehead atoms. The number of aromatic nitrogens is 7. The van der Waals surface area contributed by atoms with E-state index in [1.165, 1.54) is 0 Å². The van der Waals surface area contributed by atoms with Crippen molar-refractivity contribution in [1.82, 2.24) is 35.0 Å². The second-order valence-corrected chi connectivity index (χ2v) is 5.81. The van der Waals surface area contributed by atoms with E-state index >= 15 is 0 Å². The van der Waals surface area contributed by atoms with Crippen molar-refractivity contribution < 1.29 is 0 Å². The molecule has 0 saturated heterocycles. The highest BCUT2D eigenvalue weighted by molar-refractivity contribution is 7.98. The predicted molar refractivity (Wildman–Crippen MR) is 70.5 cm³/mol. The summed E-state index contributed by atoms with van der Waals surface area (Å²) in [6.07, 6.45) is 2.33. The van der Waals surface area contributed by atoms with Gasteiger partial charge in [-0.05, 0) is 37.1 Å². The normalized spacial score (nSPS) is 15.3. The Balaban J connectivity index is 1.74. The largest absolute Gasteiger partial charge is 0.368 e. The van der Waals surface area contributed by atoms with Gasteiger partial charge in [0.05, 0.1) is 11.8 Å². The summed E-state index contributed by atoms with van der Waals surface area (Å²) < 4.78 is 3.82. The van der Waals surface area contributed by atoms with Gasteiger partial charge in [-0.15, -0.1) is 15.3 Å². The maximum atomic E-state index is 5.81. The molecule has 102 valence electrons. The Hall–Kier alpha value is -1.64. The van der Waals surface area contributed by atoms with E-state index in [1.54, 1.807) is 11.8 Å². The van der Waals surface area contributed by atoms with E-state index in [0.29, 0.717) is 17.7 Å². The van der Waals surface area contributed by atoms with Crippen LogP contribution in [0.1, 0.15) is 44.6 Å². The van der Waals surface area contributed by atoms with Gasteiger partial charge in [-0.25, -0.2) is 4.68 Å². The third-order valence-corrected chi connectivity index (χ3v) is 3.93. The molecule has 2 heterocycles. The number of tetrazole rings is 1. The Morgan fingerprint density at radius 3 is 2.79 bits per heavy atom. The van der Waals surface area contributed by atoms with E-state index in [9.17, 15) is 0 Å². The van der Waals surface area contributed by atoms with Crippen LogP contribution in [0.15, 0.2) is 5.16 Å². The van der Waals surface area contributed by atoms with E-state index < -0.39 is 0 Å². The molecular weight excluding hydrogens is 264 g/mol. The number of anilines is 1. The zero-order chi connectivity index (χ0) is 13.4. The molecule has 2 aromatic rings. The Bertz CT molecular complexity index is 570. The van der Waals surface area contributed by atoms with Crippen molar-refractivity contribution in [3.63, 3.8) is 0 Å². The summed E-state index contributed by atoms with van der Waals surface area (Å²) in [5, 5.41) is 20.7. The number of rotatable bonds is 5. The van der Waals surface area contributed by atoms with Crippen LogP contribution in [-0.2, 0) is 5.75 Å². The molecule has 9 heteroatoms. The van der Waals surface area contributed by atoms with Crippen molar-refractivity contribution in [3.05, 3.63) is 5.82 Å². The summed E-state index contributed by atoms with van der Waals surface area (Å²) in [6.45, 7) is 4.11. The van der Waals surface area contributed by atoms with E-state index in [1.807, 2.05) is 9.25 Å². The summed E-state index contributed by atoms with van der Waals surface area (Å²) in [4.78, 5) is 0. The summed E-state index contributed by atoms with van der Waals surface area (Å²) in [5.41, 5.74) is 5.81. The number of nitrogen functional groups attached to an aromatic ring is 1. The van der Waals surface area contributed by atoms with Gasteiger partial charge in [0.1, 0.15) is 0 Å². The van der Waals surface area contributed by atoms with Crippen LogP contribution >= 0.6 is 11.8 Å². The van der Waals surface area contributed by atoms with Crippen LogP contribution in [0.4, 0.5) is 5.95 Å². The van der Waals surface area contributed by atoms with Crippen LogP contribution in [0.3, 0.4) is 0 Å². The van der Waals surface area contributed by atoms with Gasteiger partial charge in [0, 0.05) is 6.04 Å². The molecule has 3 rings (SSSR count). The molecule has 0 aromatic carbocycles. The highest BCUT2D eigenvalue weighted by atomic mass is 32.2. The highest BCUT2D eigenvalue weighted by Crippen LogP contribution is 2.35. The van der Waals surface area contributed by atoms with E-state index in [0.717, 1.165) is 23.8 Å². The van der Waals surface area contributed by atoms with Crippen LogP contribution in [0.2, 0.25) is 0 Å². The molecule has 1 aliphatic carbocycles. The van der Waals surface area contributed by atoms with E-state index in [2.05, 4.69) is 39.6 Å². The first kappa shape index (κ1) is 12.4. The third-order valence-electron chi connectivity index (χ3n) is 2.99. The summed E-state index contributed by atoms with van der Waals surface area (Å²) >= 11 is 1.56. The molecule has 0 radical (unpaired) electrons. The van der Waals surface area contributed by atoms with Crippen molar-refractivity contribution >= 4 is 17.7 Å². The van der Waals surface area contributed by atoms with Gasteiger partial charge in [-0.1, -0.05) is 11.8 Å². The Labute approximate surface area is 114 Å². The van der Waals surface area contributed by atoms with Crippen molar-refractivity contribution in [2.45, 2.75) is 49.7 Å². The van der Waals surface area contributed by atoms with Crippen molar-refractivity contribution in [3.8, 4) is 0 Å². The molecule has 0 atom stereocenters. The molecule has 1 saturated carbocycles. The smallest absolute Gasteiger partial charge is 0.222 e. The fourth-order valence-corrected chi connectivity index (χ4v) is 2.90. The maximum Gasteiger partial charge on any atom is 0.222 e.